The van der Waals surface area contributed by atoms with Gasteiger partial charge >= 0.3 is 0 Å². The number of carbonyl (C=O) groups is 1. The molecule has 1 fully saturated rings. The zero-order valence-electron chi connectivity index (χ0n) is 19.5. The van der Waals surface area contributed by atoms with E-state index in [9.17, 15) is 9.59 Å². The molecule has 1 amide bonds. The Morgan fingerprint density at radius 1 is 0.824 bits per heavy atom. The third-order valence-electron chi connectivity index (χ3n) is 6.58. The number of hydrogen-bond donors (Lipinski definition) is 0. The smallest absolute Gasteiger partial charge is 0.289 e. The molecule has 0 unspecified atom stereocenters. The number of carbonyl (C=O) groups excluding carboxylic acids is 1. The Hall–Kier alpha value is -3.70. The van der Waals surface area contributed by atoms with E-state index in [0.717, 1.165) is 24.2 Å². The van der Waals surface area contributed by atoms with Crippen molar-refractivity contribution in [3.05, 3.63) is 117 Å². The van der Waals surface area contributed by atoms with E-state index in [1.54, 1.807) is 4.90 Å². The molecule has 0 atom stereocenters. The first-order valence-electron chi connectivity index (χ1n) is 11.7. The molecule has 0 radical (unpaired) electrons. The van der Waals surface area contributed by atoms with Gasteiger partial charge in [-0.05, 0) is 42.2 Å². The molecule has 34 heavy (non-hydrogen) atoms. The summed E-state index contributed by atoms with van der Waals surface area (Å²) < 4.78 is 5.93. The van der Waals surface area contributed by atoms with Gasteiger partial charge in [-0.2, -0.15) is 0 Å². The Labute approximate surface area is 199 Å². The Balaban J connectivity index is 1.37. The largest absolute Gasteiger partial charge is 0.451 e. The molecule has 5 nitrogen and oxygen atoms in total. The van der Waals surface area contributed by atoms with Crippen LogP contribution in [-0.4, -0.2) is 41.9 Å². The fourth-order valence-corrected chi connectivity index (χ4v) is 4.99. The average molecular weight is 453 g/mol. The minimum absolute atomic E-state index is 0.110. The summed E-state index contributed by atoms with van der Waals surface area (Å²) in [4.78, 5) is 30.2. The third kappa shape index (κ3) is 4.27. The van der Waals surface area contributed by atoms with Crippen LogP contribution >= 0.6 is 0 Å². The molecular formula is C29H28N2O3. The van der Waals surface area contributed by atoms with Gasteiger partial charge in [0.1, 0.15) is 5.58 Å². The van der Waals surface area contributed by atoms with Crippen molar-refractivity contribution in [3.63, 3.8) is 0 Å². The van der Waals surface area contributed by atoms with E-state index in [1.165, 1.54) is 17.2 Å². The molecule has 5 rings (SSSR count). The van der Waals surface area contributed by atoms with Gasteiger partial charge < -0.3 is 9.32 Å². The summed E-state index contributed by atoms with van der Waals surface area (Å²) in [6.07, 6.45) is 0. The standard InChI is InChI=1S/C29H28N2O3/c1-20-17-21(2)27-24(32)19-26(34-25(27)18-20)29(33)31-15-13-30(14-16-31)28(22-9-5-3-6-10-22)23-11-7-4-8-12-23/h3-12,17-19,28H,13-16H2,1-2H3. The Morgan fingerprint density at radius 3 is 2.00 bits per heavy atom. The second-order valence-corrected chi connectivity index (χ2v) is 8.98. The summed E-state index contributed by atoms with van der Waals surface area (Å²) in [5, 5.41) is 0.542. The van der Waals surface area contributed by atoms with Gasteiger partial charge in [-0.3, -0.25) is 14.5 Å². The molecule has 4 aromatic rings. The zero-order chi connectivity index (χ0) is 23.7. The lowest BCUT2D eigenvalue weighted by Gasteiger charge is -2.39. The number of piperazine rings is 1. The predicted octanol–water partition coefficient (Wildman–Crippen LogP) is 4.96. The van der Waals surface area contributed by atoms with E-state index < -0.39 is 0 Å². The first-order chi connectivity index (χ1) is 16.5. The van der Waals surface area contributed by atoms with Crippen molar-refractivity contribution in [1.29, 1.82) is 0 Å². The number of fused-ring (bicyclic) bond motifs is 1. The molecule has 172 valence electrons. The molecule has 2 heterocycles. The van der Waals surface area contributed by atoms with Crippen LogP contribution in [0.3, 0.4) is 0 Å². The van der Waals surface area contributed by atoms with Crippen LogP contribution in [0, 0.1) is 13.8 Å². The van der Waals surface area contributed by atoms with Crippen molar-refractivity contribution in [2.24, 2.45) is 0 Å². The fourth-order valence-electron chi connectivity index (χ4n) is 4.99. The van der Waals surface area contributed by atoms with E-state index in [0.29, 0.717) is 24.1 Å². The van der Waals surface area contributed by atoms with E-state index in [1.807, 2.05) is 38.1 Å². The summed E-state index contributed by atoms with van der Waals surface area (Å²) in [7, 11) is 0. The van der Waals surface area contributed by atoms with Crippen molar-refractivity contribution in [1.82, 2.24) is 9.80 Å². The first kappa shape index (κ1) is 22.1. The highest BCUT2D eigenvalue weighted by atomic mass is 16.3. The lowest BCUT2D eigenvalue weighted by atomic mass is 9.96. The van der Waals surface area contributed by atoms with Crippen LogP contribution in [0.25, 0.3) is 11.0 Å². The van der Waals surface area contributed by atoms with Crippen LogP contribution < -0.4 is 5.43 Å². The van der Waals surface area contributed by atoms with Gasteiger partial charge in [0.25, 0.3) is 5.91 Å². The molecule has 0 spiro atoms. The second-order valence-electron chi connectivity index (χ2n) is 8.98. The topological polar surface area (TPSA) is 53.8 Å². The van der Waals surface area contributed by atoms with E-state index in [2.05, 4.69) is 53.4 Å². The molecule has 5 heteroatoms. The lowest BCUT2D eigenvalue weighted by Crippen LogP contribution is -2.50. The molecule has 0 bridgehead atoms. The predicted molar refractivity (Wildman–Crippen MR) is 134 cm³/mol. The van der Waals surface area contributed by atoms with Crippen LogP contribution in [0.1, 0.15) is 38.9 Å². The number of nitrogens with zero attached hydrogens (tertiary/aromatic N) is 2. The van der Waals surface area contributed by atoms with Crippen molar-refractivity contribution in [2.45, 2.75) is 19.9 Å². The Morgan fingerprint density at radius 2 is 1.41 bits per heavy atom. The van der Waals surface area contributed by atoms with Crippen LogP contribution in [-0.2, 0) is 0 Å². The quantitative estimate of drug-likeness (QED) is 0.439. The third-order valence-corrected chi connectivity index (χ3v) is 6.58. The minimum atomic E-state index is -0.228. The fraction of sp³-hybridized carbons (Fsp3) is 0.241. The Kier molecular flexibility index (Phi) is 6.03. The number of aryl methyl sites for hydroxylation is 2. The maximum absolute atomic E-state index is 13.3. The van der Waals surface area contributed by atoms with Gasteiger partial charge in [-0.25, -0.2) is 0 Å². The van der Waals surface area contributed by atoms with Crippen molar-refractivity contribution >= 4 is 16.9 Å². The van der Waals surface area contributed by atoms with Gasteiger partial charge in [-0.15, -0.1) is 0 Å². The van der Waals surface area contributed by atoms with Crippen LogP contribution in [0.2, 0.25) is 0 Å². The molecule has 1 aromatic heterocycles. The van der Waals surface area contributed by atoms with Gasteiger partial charge in [0.15, 0.2) is 11.2 Å². The van der Waals surface area contributed by atoms with Crippen LogP contribution in [0.5, 0.6) is 0 Å². The minimum Gasteiger partial charge on any atom is -0.451 e. The molecule has 1 aliphatic heterocycles. The second kappa shape index (κ2) is 9.27. The van der Waals surface area contributed by atoms with E-state index in [-0.39, 0.29) is 23.1 Å². The molecule has 1 aliphatic rings. The Bertz CT molecular complexity index is 1330. The maximum atomic E-state index is 13.3. The number of hydrogen-bond acceptors (Lipinski definition) is 4. The van der Waals surface area contributed by atoms with Crippen molar-refractivity contribution in [2.75, 3.05) is 26.2 Å². The maximum Gasteiger partial charge on any atom is 0.289 e. The summed E-state index contributed by atoms with van der Waals surface area (Å²) in [5.41, 5.74) is 4.64. The molecule has 0 saturated carbocycles. The van der Waals surface area contributed by atoms with Crippen LogP contribution in [0.4, 0.5) is 0 Å². The summed E-state index contributed by atoms with van der Waals surface area (Å²) in [6, 6.07) is 26.2. The van der Waals surface area contributed by atoms with Crippen molar-refractivity contribution in [3.8, 4) is 0 Å². The SMILES string of the molecule is Cc1cc(C)c2c(=O)cc(C(=O)N3CCN(C(c4ccccc4)c4ccccc4)CC3)oc2c1. The van der Waals surface area contributed by atoms with Crippen LogP contribution in [0.15, 0.2) is 88.1 Å². The zero-order valence-corrected chi connectivity index (χ0v) is 19.5. The summed E-state index contributed by atoms with van der Waals surface area (Å²) in [5.74, 6) is -0.118. The van der Waals surface area contributed by atoms with E-state index in [4.69, 9.17) is 4.42 Å². The highest BCUT2D eigenvalue weighted by Gasteiger charge is 2.29. The number of amides is 1. The average Bonchev–Trinajstić information content (AvgIpc) is 2.85. The van der Waals surface area contributed by atoms with Crippen molar-refractivity contribution < 1.29 is 9.21 Å². The molecule has 0 N–H and O–H groups in total. The summed E-state index contributed by atoms with van der Waals surface area (Å²) >= 11 is 0. The highest BCUT2D eigenvalue weighted by molar-refractivity contribution is 5.93. The summed E-state index contributed by atoms with van der Waals surface area (Å²) in [6.45, 7) is 6.46. The van der Waals surface area contributed by atoms with E-state index >= 15 is 0 Å². The molecule has 0 aliphatic carbocycles. The molecule has 3 aromatic carbocycles. The number of benzene rings is 3. The van der Waals surface area contributed by atoms with Gasteiger partial charge in [0, 0.05) is 32.2 Å². The molecule has 1 saturated heterocycles. The first-order valence-corrected chi connectivity index (χ1v) is 11.7. The highest BCUT2D eigenvalue weighted by Crippen LogP contribution is 2.29. The normalized spacial score (nSPS) is 14.6. The number of rotatable bonds is 4. The molecular weight excluding hydrogens is 424 g/mol. The lowest BCUT2D eigenvalue weighted by molar-refractivity contribution is 0.0568. The van der Waals surface area contributed by atoms with Gasteiger partial charge in [-0.1, -0.05) is 66.7 Å². The van der Waals surface area contributed by atoms with Gasteiger partial charge in [0.2, 0.25) is 0 Å². The monoisotopic (exact) mass is 452 g/mol. The van der Waals surface area contributed by atoms with Gasteiger partial charge in [0.05, 0.1) is 11.4 Å².